The van der Waals surface area contributed by atoms with Crippen molar-refractivity contribution in [1.29, 1.82) is 0 Å². The van der Waals surface area contributed by atoms with Crippen LogP contribution in [0.1, 0.15) is 30.0 Å². The van der Waals surface area contributed by atoms with Crippen LogP contribution in [0.25, 0.3) is 0 Å². The van der Waals surface area contributed by atoms with Crippen molar-refractivity contribution < 1.29 is 18.0 Å². The molecule has 0 radical (unpaired) electrons. The van der Waals surface area contributed by atoms with Crippen molar-refractivity contribution >= 4 is 50.7 Å². The quantitative estimate of drug-likeness (QED) is 0.352. The van der Waals surface area contributed by atoms with Crippen molar-refractivity contribution in [1.82, 2.24) is 10.2 Å². The fourth-order valence-electron chi connectivity index (χ4n) is 4.09. The number of nitrogens with zero attached hydrogens (tertiary/aromatic N) is 2. The average Bonchev–Trinajstić information content (AvgIpc) is 2.89. The molecular weight excluding hydrogens is 545 g/mol. The van der Waals surface area contributed by atoms with Crippen LogP contribution < -0.4 is 9.62 Å². The maximum atomic E-state index is 14.0. The zero-order chi connectivity index (χ0) is 28.0. The number of benzene rings is 3. The largest absolute Gasteiger partial charge is 0.357 e. The van der Waals surface area contributed by atoms with Gasteiger partial charge in [-0.15, -0.1) is 0 Å². The zero-order valence-corrected chi connectivity index (χ0v) is 24.1. The van der Waals surface area contributed by atoms with E-state index in [0.29, 0.717) is 6.42 Å². The molecule has 0 aliphatic rings. The number of likely N-dealkylation sites (N-methyl/N-ethyl adjacent to an activating group) is 1. The summed E-state index contributed by atoms with van der Waals surface area (Å²) in [7, 11) is -2.73. The van der Waals surface area contributed by atoms with Gasteiger partial charge < -0.3 is 10.2 Å². The Morgan fingerprint density at radius 3 is 2.21 bits per heavy atom. The van der Waals surface area contributed by atoms with Crippen LogP contribution in [0.5, 0.6) is 0 Å². The van der Waals surface area contributed by atoms with Crippen LogP contribution in [0.2, 0.25) is 10.0 Å². The molecule has 10 heteroatoms. The highest BCUT2D eigenvalue weighted by atomic mass is 35.5. The SMILES string of the molecule is CC[C@H](C(=O)NC)N(Cc1ccccc1C)C(=O)CN(c1cccc(Cl)c1Cl)S(=O)(=O)c1ccc(C)cc1. The van der Waals surface area contributed by atoms with E-state index in [1.54, 1.807) is 25.1 Å². The van der Waals surface area contributed by atoms with E-state index in [-0.39, 0.29) is 33.1 Å². The highest BCUT2D eigenvalue weighted by Gasteiger charge is 2.34. The summed E-state index contributed by atoms with van der Waals surface area (Å²) in [6.45, 7) is 5.10. The van der Waals surface area contributed by atoms with Crippen LogP contribution in [0, 0.1) is 13.8 Å². The second kappa shape index (κ2) is 12.7. The van der Waals surface area contributed by atoms with E-state index in [4.69, 9.17) is 23.2 Å². The maximum Gasteiger partial charge on any atom is 0.264 e. The van der Waals surface area contributed by atoms with Crippen LogP contribution in [0.4, 0.5) is 5.69 Å². The predicted octanol–water partition coefficient (Wildman–Crippen LogP) is 5.36. The molecular formula is C28H31Cl2N3O4S. The molecule has 2 amide bonds. The van der Waals surface area contributed by atoms with E-state index in [0.717, 1.165) is 21.0 Å². The highest BCUT2D eigenvalue weighted by Crippen LogP contribution is 2.35. The van der Waals surface area contributed by atoms with Crippen molar-refractivity contribution in [3.8, 4) is 0 Å². The van der Waals surface area contributed by atoms with Gasteiger partial charge >= 0.3 is 0 Å². The summed E-state index contributed by atoms with van der Waals surface area (Å²) in [6.07, 6.45) is 0.333. The van der Waals surface area contributed by atoms with Gasteiger partial charge in [-0.05, 0) is 55.7 Å². The van der Waals surface area contributed by atoms with E-state index in [1.165, 1.54) is 36.2 Å². The first-order chi connectivity index (χ1) is 18.0. The number of hydrogen-bond acceptors (Lipinski definition) is 4. The van der Waals surface area contributed by atoms with E-state index in [9.17, 15) is 18.0 Å². The van der Waals surface area contributed by atoms with Crippen LogP contribution in [0.3, 0.4) is 0 Å². The lowest BCUT2D eigenvalue weighted by atomic mass is 10.1. The van der Waals surface area contributed by atoms with Gasteiger partial charge in [-0.25, -0.2) is 8.42 Å². The molecule has 202 valence electrons. The molecule has 0 aliphatic heterocycles. The van der Waals surface area contributed by atoms with E-state index < -0.39 is 28.5 Å². The summed E-state index contributed by atoms with van der Waals surface area (Å²) >= 11 is 12.7. The van der Waals surface area contributed by atoms with Gasteiger partial charge in [0, 0.05) is 13.6 Å². The van der Waals surface area contributed by atoms with Crippen LogP contribution in [0.15, 0.2) is 71.6 Å². The topological polar surface area (TPSA) is 86.8 Å². The summed E-state index contributed by atoms with van der Waals surface area (Å²) in [6, 6.07) is 17.6. The first-order valence-electron chi connectivity index (χ1n) is 12.1. The molecule has 3 aromatic rings. The van der Waals surface area contributed by atoms with Crippen molar-refractivity contribution in [3.63, 3.8) is 0 Å². The number of halogens is 2. The van der Waals surface area contributed by atoms with Gasteiger partial charge in [0.25, 0.3) is 10.0 Å². The van der Waals surface area contributed by atoms with Crippen molar-refractivity contribution in [2.75, 3.05) is 17.9 Å². The molecule has 0 aliphatic carbocycles. The molecule has 0 saturated heterocycles. The number of anilines is 1. The maximum absolute atomic E-state index is 14.0. The Hall–Kier alpha value is -3.07. The number of aryl methyl sites for hydroxylation is 2. The fourth-order valence-corrected chi connectivity index (χ4v) is 5.97. The molecule has 0 fully saturated rings. The summed E-state index contributed by atoms with van der Waals surface area (Å²) in [4.78, 5) is 28.2. The molecule has 38 heavy (non-hydrogen) atoms. The lowest BCUT2D eigenvalue weighted by Crippen LogP contribution is -2.51. The van der Waals surface area contributed by atoms with Crippen LogP contribution >= 0.6 is 23.2 Å². The predicted molar refractivity (Wildman–Crippen MR) is 152 cm³/mol. The van der Waals surface area contributed by atoms with E-state index >= 15 is 0 Å². The Balaban J connectivity index is 2.12. The second-order valence-electron chi connectivity index (χ2n) is 8.88. The minimum atomic E-state index is -4.24. The number of sulfonamides is 1. The smallest absolute Gasteiger partial charge is 0.264 e. The molecule has 0 spiro atoms. The molecule has 0 aromatic heterocycles. The third-order valence-corrected chi connectivity index (χ3v) is 8.90. The van der Waals surface area contributed by atoms with Gasteiger partial charge in [0.1, 0.15) is 12.6 Å². The Kier molecular flexibility index (Phi) is 9.82. The molecule has 0 heterocycles. The molecule has 1 N–H and O–H groups in total. The van der Waals surface area contributed by atoms with Gasteiger partial charge in [-0.2, -0.15) is 0 Å². The monoisotopic (exact) mass is 575 g/mol. The molecule has 0 bridgehead atoms. The molecule has 0 saturated carbocycles. The number of carbonyl (C=O) groups is 2. The number of amides is 2. The van der Waals surface area contributed by atoms with Crippen LogP contribution in [-0.4, -0.2) is 44.8 Å². The van der Waals surface area contributed by atoms with E-state index in [1.807, 2.05) is 38.1 Å². The third kappa shape index (κ3) is 6.49. The van der Waals surface area contributed by atoms with Crippen molar-refractivity contribution in [2.24, 2.45) is 0 Å². The fraction of sp³-hybridized carbons (Fsp3) is 0.286. The zero-order valence-electron chi connectivity index (χ0n) is 21.7. The molecule has 3 rings (SSSR count). The minimum absolute atomic E-state index is 0.00134. The molecule has 0 unspecified atom stereocenters. The van der Waals surface area contributed by atoms with Gasteiger partial charge in [-0.1, -0.05) is 78.2 Å². The Morgan fingerprint density at radius 1 is 0.947 bits per heavy atom. The minimum Gasteiger partial charge on any atom is -0.357 e. The normalized spacial score (nSPS) is 12.1. The van der Waals surface area contributed by atoms with Gasteiger partial charge in [-0.3, -0.25) is 13.9 Å². The Morgan fingerprint density at radius 2 is 1.61 bits per heavy atom. The summed E-state index contributed by atoms with van der Waals surface area (Å²) in [5, 5.41) is 2.76. The Labute approximate surface area is 234 Å². The average molecular weight is 577 g/mol. The summed E-state index contributed by atoms with van der Waals surface area (Å²) in [5.41, 5.74) is 2.74. The summed E-state index contributed by atoms with van der Waals surface area (Å²) in [5.74, 6) is -0.904. The number of carbonyl (C=O) groups excluding carboxylic acids is 2. The lowest BCUT2D eigenvalue weighted by molar-refractivity contribution is -0.140. The van der Waals surface area contributed by atoms with Crippen LogP contribution in [-0.2, 0) is 26.2 Å². The molecule has 3 aromatic carbocycles. The van der Waals surface area contributed by atoms with Gasteiger partial charge in [0.15, 0.2) is 0 Å². The van der Waals surface area contributed by atoms with Gasteiger partial charge in [0.2, 0.25) is 11.8 Å². The first-order valence-corrected chi connectivity index (χ1v) is 14.3. The lowest BCUT2D eigenvalue weighted by Gasteiger charge is -2.33. The summed E-state index contributed by atoms with van der Waals surface area (Å²) < 4.78 is 28.7. The Bertz CT molecular complexity index is 1410. The second-order valence-corrected chi connectivity index (χ2v) is 11.5. The van der Waals surface area contributed by atoms with Crippen molar-refractivity contribution in [2.45, 2.75) is 44.7 Å². The first kappa shape index (κ1) is 29.5. The highest BCUT2D eigenvalue weighted by molar-refractivity contribution is 7.92. The number of nitrogens with one attached hydrogen (secondary N) is 1. The van der Waals surface area contributed by atoms with Gasteiger partial charge in [0.05, 0.1) is 20.6 Å². The number of hydrogen-bond donors (Lipinski definition) is 1. The molecule has 7 nitrogen and oxygen atoms in total. The van der Waals surface area contributed by atoms with E-state index in [2.05, 4.69) is 5.32 Å². The van der Waals surface area contributed by atoms with Crippen molar-refractivity contribution in [3.05, 3.63) is 93.5 Å². The number of rotatable bonds is 10. The standard InChI is InChI=1S/C28H31Cl2N3O4S/c1-5-24(28(35)31-4)32(17-21-10-7-6-9-20(21)3)26(34)18-33(25-12-8-11-23(29)27(25)30)38(36,37)22-15-13-19(2)14-16-22/h6-16,24H,5,17-18H2,1-4H3,(H,31,35)/t24-/m1/s1. The molecule has 1 atom stereocenters. The third-order valence-electron chi connectivity index (χ3n) is 6.32.